The summed E-state index contributed by atoms with van der Waals surface area (Å²) in [4.78, 5) is 10.7. The van der Waals surface area contributed by atoms with E-state index in [4.69, 9.17) is 10.5 Å². The number of carbonyl (C=O) groups excluding carboxylic acids is 1. The molecule has 0 bridgehead atoms. The molecule has 0 aliphatic heterocycles. The van der Waals surface area contributed by atoms with Gasteiger partial charge in [0.05, 0.1) is 5.69 Å². The van der Waals surface area contributed by atoms with Crippen LogP contribution in [0.4, 0.5) is 5.69 Å². The number of hydrogen-bond donors (Lipinski definition) is 1. The van der Waals surface area contributed by atoms with Gasteiger partial charge in [-0.1, -0.05) is 18.2 Å². The van der Waals surface area contributed by atoms with Gasteiger partial charge in [-0.05, 0) is 48.7 Å². The molecule has 0 aromatic heterocycles. The van der Waals surface area contributed by atoms with E-state index < -0.39 is 5.97 Å². The fourth-order valence-electron chi connectivity index (χ4n) is 1.89. The molecule has 0 unspecified atom stereocenters. The van der Waals surface area contributed by atoms with Crippen LogP contribution in [0.3, 0.4) is 0 Å². The molecule has 2 rings (SSSR count). The molecule has 0 aliphatic carbocycles. The van der Waals surface area contributed by atoms with Crippen LogP contribution in [-0.2, 0) is 11.2 Å². The van der Waals surface area contributed by atoms with Gasteiger partial charge in [0.1, 0.15) is 5.75 Å². The number of aryl methyl sites for hydroxylation is 2. The van der Waals surface area contributed by atoms with E-state index in [0.29, 0.717) is 22.7 Å². The summed E-state index contributed by atoms with van der Waals surface area (Å²) in [5.74, 6) is -0.0440. The molecule has 5 heteroatoms. The number of rotatable bonds is 4. The second-order valence-electron chi connectivity index (χ2n) is 4.73. The van der Waals surface area contributed by atoms with Crippen LogP contribution in [0.5, 0.6) is 11.5 Å². The number of aliphatic carboxylic acids is 1. The predicted molar refractivity (Wildman–Crippen MR) is 75.6 cm³/mol. The molecular formula is C16H16NNaO3. The Morgan fingerprint density at radius 2 is 1.90 bits per heavy atom. The van der Waals surface area contributed by atoms with Crippen molar-refractivity contribution in [3.8, 4) is 11.5 Å². The van der Waals surface area contributed by atoms with Gasteiger partial charge in [-0.15, -0.1) is 0 Å². The maximum Gasteiger partial charge on any atom is 1.00 e. The monoisotopic (exact) mass is 293 g/mol. The molecule has 2 N–H and O–H groups in total. The Morgan fingerprint density at radius 1 is 1.19 bits per heavy atom. The maximum atomic E-state index is 10.7. The standard InChI is InChI=1S/C16H17NO3.Na/c1-10-6-7-13(8-11(10)2)20-14-5-3-4-12(16(14)17)9-15(18)19;/h3-8H,9,17H2,1-2H3,(H,18,19);/q;+1/p-1. The van der Waals surface area contributed by atoms with Crippen molar-refractivity contribution in [3.63, 3.8) is 0 Å². The van der Waals surface area contributed by atoms with E-state index in [-0.39, 0.29) is 36.0 Å². The van der Waals surface area contributed by atoms with E-state index in [0.717, 1.165) is 5.56 Å². The van der Waals surface area contributed by atoms with Crippen LogP contribution in [0.2, 0.25) is 0 Å². The number of nitrogen functional groups attached to an aromatic ring is 1. The van der Waals surface area contributed by atoms with E-state index in [9.17, 15) is 9.90 Å². The largest absolute Gasteiger partial charge is 1.00 e. The van der Waals surface area contributed by atoms with E-state index >= 15 is 0 Å². The van der Waals surface area contributed by atoms with Crippen molar-refractivity contribution in [2.75, 3.05) is 5.73 Å². The van der Waals surface area contributed by atoms with Gasteiger partial charge in [-0.3, -0.25) is 0 Å². The quantitative estimate of drug-likeness (QED) is 0.578. The van der Waals surface area contributed by atoms with Crippen LogP contribution >= 0.6 is 0 Å². The zero-order chi connectivity index (χ0) is 14.7. The number of carbonyl (C=O) groups is 1. The topological polar surface area (TPSA) is 75.4 Å². The molecule has 0 spiro atoms. The van der Waals surface area contributed by atoms with Crippen molar-refractivity contribution in [1.82, 2.24) is 0 Å². The molecule has 0 fully saturated rings. The predicted octanol–water partition coefficient (Wildman–Crippen LogP) is -1.03. The minimum atomic E-state index is -1.17. The summed E-state index contributed by atoms with van der Waals surface area (Å²) in [7, 11) is 0. The van der Waals surface area contributed by atoms with Gasteiger partial charge in [0.2, 0.25) is 0 Å². The Labute approximate surface area is 146 Å². The number of anilines is 1. The number of benzene rings is 2. The zero-order valence-corrected chi connectivity index (χ0v) is 14.5. The van der Waals surface area contributed by atoms with Crippen LogP contribution in [0.1, 0.15) is 16.7 Å². The molecule has 0 saturated carbocycles. The number of nitrogens with two attached hydrogens (primary N) is 1. The van der Waals surface area contributed by atoms with E-state index in [1.54, 1.807) is 18.2 Å². The molecular weight excluding hydrogens is 277 g/mol. The van der Waals surface area contributed by atoms with Crippen molar-refractivity contribution in [3.05, 3.63) is 53.1 Å². The average molecular weight is 293 g/mol. The smallest absolute Gasteiger partial charge is 0.550 e. The normalized spacial score (nSPS) is 9.81. The van der Waals surface area contributed by atoms with Crippen LogP contribution < -0.4 is 45.1 Å². The molecule has 0 atom stereocenters. The van der Waals surface area contributed by atoms with Gasteiger partial charge in [0.25, 0.3) is 0 Å². The minimum Gasteiger partial charge on any atom is -0.550 e. The molecule has 4 nitrogen and oxygen atoms in total. The molecule has 0 radical (unpaired) electrons. The first-order valence-corrected chi connectivity index (χ1v) is 6.29. The molecule has 21 heavy (non-hydrogen) atoms. The summed E-state index contributed by atoms with van der Waals surface area (Å²) < 4.78 is 5.73. The van der Waals surface area contributed by atoms with E-state index in [2.05, 4.69) is 0 Å². The number of carboxylic acid groups (broad SMARTS) is 1. The SMILES string of the molecule is Cc1ccc(Oc2cccc(CC(=O)[O-])c2N)cc1C.[Na+]. The average Bonchev–Trinajstić information content (AvgIpc) is 2.38. The van der Waals surface area contributed by atoms with E-state index in [1.807, 2.05) is 32.0 Å². The van der Waals surface area contributed by atoms with Gasteiger partial charge in [0.15, 0.2) is 5.75 Å². The Hall–Kier alpha value is -1.49. The minimum absolute atomic E-state index is 0. The van der Waals surface area contributed by atoms with Gasteiger partial charge in [0, 0.05) is 12.4 Å². The Bertz CT molecular complexity index is 656. The number of carboxylic acids is 1. The van der Waals surface area contributed by atoms with Crippen molar-refractivity contribution in [1.29, 1.82) is 0 Å². The van der Waals surface area contributed by atoms with Crippen LogP contribution in [-0.4, -0.2) is 5.97 Å². The first kappa shape index (κ1) is 17.6. The first-order chi connectivity index (χ1) is 9.47. The van der Waals surface area contributed by atoms with Gasteiger partial charge < -0.3 is 20.4 Å². The summed E-state index contributed by atoms with van der Waals surface area (Å²) >= 11 is 0. The Balaban J connectivity index is 0.00000220. The summed E-state index contributed by atoms with van der Waals surface area (Å²) in [5.41, 5.74) is 9.05. The van der Waals surface area contributed by atoms with Crippen molar-refractivity contribution in [2.45, 2.75) is 20.3 Å². The van der Waals surface area contributed by atoms with E-state index in [1.165, 1.54) is 5.56 Å². The van der Waals surface area contributed by atoms with Crippen LogP contribution in [0.25, 0.3) is 0 Å². The molecule has 0 saturated heterocycles. The Kier molecular flexibility index (Phi) is 6.27. The molecule has 0 amide bonds. The maximum absolute atomic E-state index is 10.7. The van der Waals surface area contributed by atoms with Crippen LogP contribution in [0.15, 0.2) is 36.4 Å². The molecule has 0 aliphatic rings. The molecule has 2 aromatic rings. The van der Waals surface area contributed by atoms with Crippen molar-refractivity contribution in [2.24, 2.45) is 0 Å². The van der Waals surface area contributed by atoms with Gasteiger partial charge in [-0.25, -0.2) is 0 Å². The first-order valence-electron chi connectivity index (χ1n) is 6.29. The fraction of sp³-hybridized carbons (Fsp3) is 0.188. The summed E-state index contributed by atoms with van der Waals surface area (Å²) in [6.45, 7) is 4.02. The zero-order valence-electron chi connectivity index (χ0n) is 12.5. The molecule has 2 aromatic carbocycles. The Morgan fingerprint density at radius 3 is 2.52 bits per heavy atom. The second-order valence-corrected chi connectivity index (χ2v) is 4.73. The third-order valence-corrected chi connectivity index (χ3v) is 3.20. The molecule has 104 valence electrons. The number of para-hydroxylation sites is 1. The second kappa shape index (κ2) is 7.50. The number of ether oxygens (including phenoxy) is 1. The van der Waals surface area contributed by atoms with Gasteiger partial charge >= 0.3 is 29.6 Å². The third kappa shape index (κ3) is 4.49. The summed E-state index contributed by atoms with van der Waals surface area (Å²) in [6.07, 6.45) is -0.226. The summed E-state index contributed by atoms with van der Waals surface area (Å²) in [5, 5.41) is 10.7. The molecule has 0 heterocycles. The van der Waals surface area contributed by atoms with Gasteiger partial charge in [-0.2, -0.15) is 0 Å². The van der Waals surface area contributed by atoms with Crippen molar-refractivity contribution >= 4 is 11.7 Å². The summed E-state index contributed by atoms with van der Waals surface area (Å²) in [6, 6.07) is 10.8. The number of hydrogen-bond acceptors (Lipinski definition) is 4. The fourth-order valence-corrected chi connectivity index (χ4v) is 1.89. The van der Waals surface area contributed by atoms with Crippen LogP contribution in [0, 0.1) is 13.8 Å². The third-order valence-electron chi connectivity index (χ3n) is 3.20. The van der Waals surface area contributed by atoms with Crippen molar-refractivity contribution < 1.29 is 44.2 Å².